The van der Waals surface area contributed by atoms with Gasteiger partial charge in [-0.25, -0.2) is 19.2 Å². The highest BCUT2D eigenvalue weighted by Crippen LogP contribution is 2.24. The second kappa shape index (κ2) is 7.90. The Kier molecular flexibility index (Phi) is 5.58. The molecule has 1 aliphatic heterocycles. The number of piperidine rings is 1. The summed E-state index contributed by atoms with van der Waals surface area (Å²) in [5.74, 6) is -0.510. The molecule has 0 bridgehead atoms. The van der Waals surface area contributed by atoms with Crippen molar-refractivity contribution in [2.24, 2.45) is 0 Å². The van der Waals surface area contributed by atoms with Crippen LogP contribution in [0.3, 0.4) is 0 Å². The predicted molar refractivity (Wildman–Crippen MR) is 101 cm³/mol. The molecule has 6 nitrogen and oxygen atoms in total. The third-order valence-electron chi connectivity index (χ3n) is 4.54. The van der Waals surface area contributed by atoms with Crippen LogP contribution in [-0.2, 0) is 5.41 Å². The summed E-state index contributed by atoms with van der Waals surface area (Å²) >= 11 is 0. The average Bonchev–Trinajstić information content (AvgIpc) is 2.63. The topological polar surface area (TPSA) is 67.4 Å². The Balaban J connectivity index is 1.57. The number of rotatable bonds is 3. The molecule has 27 heavy (non-hydrogen) atoms. The number of benzene rings is 1. The molecular formula is C20H25FN4O2. The summed E-state index contributed by atoms with van der Waals surface area (Å²) in [5, 5.41) is 2.93. The molecule has 0 aliphatic carbocycles. The van der Waals surface area contributed by atoms with E-state index in [0.717, 1.165) is 30.9 Å². The summed E-state index contributed by atoms with van der Waals surface area (Å²) < 4.78 is 18.6. The number of hydrogen-bond donors (Lipinski definition) is 1. The van der Waals surface area contributed by atoms with Crippen molar-refractivity contribution in [2.75, 3.05) is 18.4 Å². The van der Waals surface area contributed by atoms with E-state index < -0.39 is 5.82 Å². The third-order valence-corrected chi connectivity index (χ3v) is 4.54. The molecule has 1 unspecified atom stereocenters. The van der Waals surface area contributed by atoms with E-state index >= 15 is 0 Å². The minimum Gasteiger partial charge on any atom is -0.458 e. The number of likely N-dealkylation sites (tertiary alicyclic amines) is 1. The van der Waals surface area contributed by atoms with E-state index in [2.05, 4.69) is 36.1 Å². The van der Waals surface area contributed by atoms with Crippen LogP contribution in [0.25, 0.3) is 0 Å². The molecule has 0 radical (unpaired) electrons. The molecule has 1 aromatic carbocycles. The maximum absolute atomic E-state index is 12.9. The van der Waals surface area contributed by atoms with E-state index in [-0.39, 0.29) is 23.6 Å². The van der Waals surface area contributed by atoms with Crippen LogP contribution in [0.2, 0.25) is 0 Å². The molecule has 1 fully saturated rings. The maximum atomic E-state index is 12.9. The summed E-state index contributed by atoms with van der Waals surface area (Å²) in [6, 6.07) is 7.87. The SMILES string of the molecule is CC(C)(C)c1ccc(NC(=O)N2CCCC(Oc3ncc(F)cn3)C2)cc1. The Labute approximate surface area is 158 Å². The monoisotopic (exact) mass is 372 g/mol. The first-order valence-electron chi connectivity index (χ1n) is 9.12. The van der Waals surface area contributed by atoms with Gasteiger partial charge >= 0.3 is 12.0 Å². The number of nitrogens with zero attached hydrogens (tertiary/aromatic N) is 3. The molecule has 1 aliphatic rings. The molecule has 1 saturated heterocycles. The molecule has 0 saturated carbocycles. The third kappa shape index (κ3) is 5.15. The Morgan fingerprint density at radius 1 is 1.22 bits per heavy atom. The summed E-state index contributed by atoms with van der Waals surface area (Å²) in [6.07, 6.45) is 3.54. The zero-order chi connectivity index (χ0) is 19.4. The second-order valence-corrected chi connectivity index (χ2v) is 7.77. The number of nitrogens with one attached hydrogen (secondary N) is 1. The Bertz CT molecular complexity index is 772. The van der Waals surface area contributed by atoms with E-state index in [1.54, 1.807) is 4.90 Å². The number of anilines is 1. The number of ether oxygens (including phenoxy) is 1. The zero-order valence-corrected chi connectivity index (χ0v) is 15.9. The molecular weight excluding hydrogens is 347 g/mol. The number of carbonyl (C=O) groups is 1. The van der Waals surface area contributed by atoms with Gasteiger partial charge in [0.05, 0.1) is 18.9 Å². The first-order valence-corrected chi connectivity index (χ1v) is 9.12. The first-order chi connectivity index (χ1) is 12.8. The quantitative estimate of drug-likeness (QED) is 0.885. The van der Waals surface area contributed by atoms with Gasteiger partial charge in [-0.05, 0) is 36.0 Å². The van der Waals surface area contributed by atoms with Gasteiger partial charge in [0, 0.05) is 12.2 Å². The summed E-state index contributed by atoms with van der Waals surface area (Å²) in [5.41, 5.74) is 2.05. The number of amides is 2. The number of hydrogen-bond acceptors (Lipinski definition) is 4. The fourth-order valence-corrected chi connectivity index (χ4v) is 2.99. The largest absolute Gasteiger partial charge is 0.458 e. The van der Waals surface area contributed by atoms with Crippen LogP contribution < -0.4 is 10.1 Å². The van der Waals surface area contributed by atoms with Crippen molar-refractivity contribution >= 4 is 11.7 Å². The molecule has 1 N–H and O–H groups in total. The Morgan fingerprint density at radius 2 is 1.89 bits per heavy atom. The number of aromatic nitrogens is 2. The first kappa shape index (κ1) is 19.1. The van der Waals surface area contributed by atoms with Crippen molar-refractivity contribution in [1.82, 2.24) is 14.9 Å². The minimum absolute atomic E-state index is 0.0718. The number of urea groups is 1. The molecule has 3 rings (SSSR count). The van der Waals surface area contributed by atoms with Gasteiger partial charge in [-0.2, -0.15) is 0 Å². The average molecular weight is 372 g/mol. The minimum atomic E-state index is -0.510. The zero-order valence-electron chi connectivity index (χ0n) is 15.9. The highest BCUT2D eigenvalue weighted by atomic mass is 19.1. The fraction of sp³-hybridized carbons (Fsp3) is 0.450. The van der Waals surface area contributed by atoms with Crippen LogP contribution >= 0.6 is 0 Å². The van der Waals surface area contributed by atoms with Gasteiger partial charge in [0.15, 0.2) is 5.82 Å². The summed E-state index contributed by atoms with van der Waals surface area (Å²) in [6.45, 7) is 7.56. The maximum Gasteiger partial charge on any atom is 0.321 e. The molecule has 2 aromatic rings. The molecule has 144 valence electrons. The molecule has 7 heteroatoms. The lowest BCUT2D eigenvalue weighted by Crippen LogP contribution is -2.46. The lowest BCUT2D eigenvalue weighted by Gasteiger charge is -2.32. The van der Waals surface area contributed by atoms with E-state index in [1.807, 2.05) is 24.3 Å². The summed E-state index contributed by atoms with van der Waals surface area (Å²) in [7, 11) is 0. The van der Waals surface area contributed by atoms with Gasteiger partial charge < -0.3 is 15.0 Å². The smallest absolute Gasteiger partial charge is 0.321 e. The fourth-order valence-electron chi connectivity index (χ4n) is 2.99. The highest BCUT2D eigenvalue weighted by molar-refractivity contribution is 5.89. The van der Waals surface area contributed by atoms with Crippen molar-refractivity contribution in [3.05, 3.63) is 48.0 Å². The van der Waals surface area contributed by atoms with Crippen molar-refractivity contribution < 1.29 is 13.9 Å². The van der Waals surface area contributed by atoms with E-state index in [0.29, 0.717) is 13.1 Å². The highest BCUT2D eigenvalue weighted by Gasteiger charge is 2.25. The van der Waals surface area contributed by atoms with E-state index in [1.165, 1.54) is 5.56 Å². The van der Waals surface area contributed by atoms with Crippen molar-refractivity contribution in [1.29, 1.82) is 0 Å². The lowest BCUT2D eigenvalue weighted by atomic mass is 9.87. The van der Waals surface area contributed by atoms with Gasteiger partial charge in [-0.3, -0.25) is 0 Å². The van der Waals surface area contributed by atoms with Crippen molar-refractivity contribution in [3.8, 4) is 6.01 Å². The normalized spacial score (nSPS) is 17.5. The Morgan fingerprint density at radius 3 is 2.52 bits per heavy atom. The standard InChI is InChI=1S/C20H25FN4O2/c1-20(2,3)14-6-8-16(9-7-14)24-19(26)25-10-4-5-17(13-25)27-18-22-11-15(21)12-23-18/h6-9,11-12,17H,4-5,10,13H2,1-3H3,(H,24,26). The predicted octanol–water partition coefficient (Wildman–Crippen LogP) is 3.99. The number of halogens is 1. The van der Waals surface area contributed by atoms with E-state index in [4.69, 9.17) is 4.74 Å². The van der Waals surface area contributed by atoms with Gasteiger partial charge in [0.25, 0.3) is 0 Å². The van der Waals surface area contributed by atoms with E-state index in [9.17, 15) is 9.18 Å². The molecule has 0 spiro atoms. The van der Waals surface area contributed by atoms with Gasteiger partial charge in [0.1, 0.15) is 6.10 Å². The van der Waals surface area contributed by atoms with Crippen LogP contribution in [0.15, 0.2) is 36.7 Å². The summed E-state index contributed by atoms with van der Waals surface area (Å²) in [4.78, 5) is 21.9. The van der Waals surface area contributed by atoms with Crippen LogP contribution in [0.4, 0.5) is 14.9 Å². The second-order valence-electron chi connectivity index (χ2n) is 7.77. The van der Waals surface area contributed by atoms with Crippen LogP contribution in [0, 0.1) is 5.82 Å². The van der Waals surface area contributed by atoms with Crippen LogP contribution in [-0.4, -0.2) is 40.1 Å². The number of carbonyl (C=O) groups excluding carboxylic acids is 1. The lowest BCUT2D eigenvalue weighted by molar-refractivity contribution is 0.0981. The molecule has 1 atom stereocenters. The Hall–Kier alpha value is -2.70. The molecule has 1 aromatic heterocycles. The van der Waals surface area contributed by atoms with Crippen molar-refractivity contribution in [3.63, 3.8) is 0 Å². The van der Waals surface area contributed by atoms with Gasteiger partial charge in [-0.1, -0.05) is 32.9 Å². The van der Waals surface area contributed by atoms with Gasteiger partial charge in [0.2, 0.25) is 0 Å². The van der Waals surface area contributed by atoms with Gasteiger partial charge in [-0.15, -0.1) is 0 Å². The van der Waals surface area contributed by atoms with Crippen LogP contribution in [0.5, 0.6) is 6.01 Å². The molecule has 2 heterocycles. The van der Waals surface area contributed by atoms with Crippen molar-refractivity contribution in [2.45, 2.75) is 45.1 Å². The van der Waals surface area contributed by atoms with Crippen LogP contribution in [0.1, 0.15) is 39.2 Å². The molecule has 2 amide bonds.